The second-order valence-electron chi connectivity index (χ2n) is 12.0. The largest absolute Gasteiger partial charge is 0.494 e. The Labute approximate surface area is 250 Å². The number of aliphatic imine (C=N–C) groups is 1. The number of hydrogen-bond donors (Lipinski definition) is 4. The molecule has 0 radical (unpaired) electrons. The molecular weight excluding hydrogens is 542 g/mol. The number of aromatic hydroxyl groups is 1. The fraction of sp³-hybridized carbons (Fsp3) is 0.235. The Hall–Kier alpha value is -5.18. The van der Waals surface area contributed by atoms with E-state index in [1.54, 1.807) is 18.3 Å². The number of benzene rings is 3. The molecule has 0 aliphatic rings. The molecule has 5 rings (SSSR count). The van der Waals surface area contributed by atoms with Crippen LogP contribution in [-0.2, 0) is 14.9 Å². The Kier molecular flexibility index (Phi) is 7.67. The van der Waals surface area contributed by atoms with Gasteiger partial charge in [-0.05, 0) is 77.4 Å². The molecule has 43 heavy (non-hydrogen) atoms. The van der Waals surface area contributed by atoms with Crippen molar-refractivity contribution < 1.29 is 19.4 Å². The molecule has 220 valence electrons. The number of esters is 1. The summed E-state index contributed by atoms with van der Waals surface area (Å²) in [4.78, 5) is 40.5. The van der Waals surface area contributed by atoms with Crippen LogP contribution in [0.5, 0.6) is 5.88 Å². The number of rotatable bonds is 7. The van der Waals surface area contributed by atoms with Crippen molar-refractivity contribution in [3.05, 3.63) is 107 Å². The van der Waals surface area contributed by atoms with E-state index in [1.807, 2.05) is 102 Å². The molecule has 0 atom stereocenters. The van der Waals surface area contributed by atoms with Gasteiger partial charge in [0, 0.05) is 28.5 Å². The molecule has 2 heterocycles. The van der Waals surface area contributed by atoms with Crippen LogP contribution in [0.3, 0.4) is 0 Å². The first-order valence-corrected chi connectivity index (χ1v) is 14.0. The number of carbonyl (C=O) groups is 2. The molecule has 3 aromatic carbocycles. The summed E-state index contributed by atoms with van der Waals surface area (Å²) >= 11 is 0. The van der Waals surface area contributed by atoms with Crippen molar-refractivity contribution in [1.29, 1.82) is 0 Å². The first-order valence-electron chi connectivity index (χ1n) is 14.0. The number of ether oxygens (including phenoxy) is 1. The Balaban J connectivity index is 1.51. The van der Waals surface area contributed by atoms with Crippen molar-refractivity contribution >= 4 is 39.9 Å². The van der Waals surface area contributed by atoms with Crippen molar-refractivity contribution in [2.75, 3.05) is 5.32 Å². The number of amides is 1. The predicted octanol–water partition coefficient (Wildman–Crippen LogP) is 6.95. The van der Waals surface area contributed by atoms with Gasteiger partial charge in [0.15, 0.2) is 11.7 Å². The Morgan fingerprint density at radius 3 is 2.26 bits per heavy atom. The molecule has 5 aromatic rings. The summed E-state index contributed by atoms with van der Waals surface area (Å²) in [5.41, 5.74) is 3.86. The standard InChI is InChI=1S/C34H35N5O4/c1-20-19-35-29(36-20)31(41)38-24-16-17-25-26(18-24)39-30(40)27(25)28(21-10-8-7-9-11-21)37-23-14-12-22(13-15-23)34(5,6)32(42)43-33(2,3)4/h7-19,39-40H,1-6H3,(H,35,36)(H,38,41). The van der Waals surface area contributed by atoms with Crippen LogP contribution in [0.25, 0.3) is 10.9 Å². The molecule has 0 saturated carbocycles. The number of anilines is 1. The number of aromatic amines is 2. The van der Waals surface area contributed by atoms with Crippen LogP contribution in [0.4, 0.5) is 11.4 Å². The highest BCUT2D eigenvalue weighted by Crippen LogP contribution is 2.34. The van der Waals surface area contributed by atoms with E-state index >= 15 is 0 Å². The number of imidazole rings is 1. The van der Waals surface area contributed by atoms with Gasteiger partial charge in [-0.25, -0.2) is 9.98 Å². The third-order valence-corrected chi connectivity index (χ3v) is 6.98. The summed E-state index contributed by atoms with van der Waals surface area (Å²) in [6.07, 6.45) is 1.59. The number of carbonyl (C=O) groups excluding carboxylic acids is 2. The maximum Gasteiger partial charge on any atom is 0.316 e. The summed E-state index contributed by atoms with van der Waals surface area (Å²) in [5, 5.41) is 14.7. The van der Waals surface area contributed by atoms with E-state index in [0.29, 0.717) is 28.2 Å². The molecule has 4 N–H and O–H groups in total. The highest BCUT2D eigenvalue weighted by Gasteiger charge is 2.34. The summed E-state index contributed by atoms with van der Waals surface area (Å²) in [6, 6.07) is 22.4. The number of hydrogen-bond acceptors (Lipinski definition) is 6. The monoisotopic (exact) mass is 577 g/mol. The Morgan fingerprint density at radius 1 is 0.930 bits per heavy atom. The maximum absolute atomic E-state index is 12.9. The smallest absolute Gasteiger partial charge is 0.316 e. The zero-order valence-corrected chi connectivity index (χ0v) is 25.1. The van der Waals surface area contributed by atoms with E-state index < -0.39 is 11.0 Å². The quantitative estimate of drug-likeness (QED) is 0.123. The van der Waals surface area contributed by atoms with E-state index in [1.165, 1.54) is 0 Å². The van der Waals surface area contributed by atoms with Crippen LogP contribution in [0.2, 0.25) is 0 Å². The highest BCUT2D eigenvalue weighted by atomic mass is 16.6. The van der Waals surface area contributed by atoms with Crippen LogP contribution in [0.1, 0.15) is 67.6 Å². The molecule has 2 aromatic heterocycles. The normalized spacial score (nSPS) is 12.4. The minimum absolute atomic E-state index is 0.0505. The molecule has 0 saturated heterocycles. The zero-order valence-electron chi connectivity index (χ0n) is 25.1. The van der Waals surface area contributed by atoms with Crippen LogP contribution in [0, 0.1) is 6.92 Å². The average Bonchev–Trinajstić information content (AvgIpc) is 3.53. The van der Waals surface area contributed by atoms with Gasteiger partial charge >= 0.3 is 5.97 Å². The van der Waals surface area contributed by atoms with Crippen molar-refractivity contribution in [3.63, 3.8) is 0 Å². The second-order valence-corrected chi connectivity index (χ2v) is 12.0. The third-order valence-electron chi connectivity index (χ3n) is 6.98. The lowest BCUT2D eigenvalue weighted by atomic mass is 9.84. The van der Waals surface area contributed by atoms with Gasteiger partial charge in [0.25, 0.3) is 5.91 Å². The first kappa shape index (κ1) is 29.3. The van der Waals surface area contributed by atoms with E-state index in [-0.39, 0.29) is 23.6 Å². The predicted molar refractivity (Wildman–Crippen MR) is 168 cm³/mol. The van der Waals surface area contributed by atoms with Gasteiger partial charge in [0.05, 0.1) is 27.9 Å². The SMILES string of the molecule is Cc1cnc(C(=O)Nc2ccc3c(C(=Nc4ccc(C(C)(C)C(=O)OC(C)(C)C)cc4)c4ccccc4)c(O)[nH]c3c2)[nH]1. The number of fused-ring (bicyclic) bond motifs is 1. The van der Waals surface area contributed by atoms with Gasteiger partial charge in [0.2, 0.25) is 0 Å². The molecular formula is C34H35N5O4. The topological polar surface area (TPSA) is 132 Å². The van der Waals surface area contributed by atoms with Crippen molar-refractivity contribution in [1.82, 2.24) is 15.0 Å². The summed E-state index contributed by atoms with van der Waals surface area (Å²) in [6.45, 7) is 11.0. The number of aryl methyl sites for hydroxylation is 1. The lowest BCUT2D eigenvalue weighted by molar-refractivity contribution is -0.160. The maximum atomic E-state index is 12.9. The molecule has 9 nitrogen and oxygen atoms in total. The minimum atomic E-state index is -0.851. The number of nitrogens with one attached hydrogen (secondary N) is 3. The van der Waals surface area contributed by atoms with Crippen LogP contribution in [-0.4, -0.2) is 43.2 Å². The molecule has 0 aliphatic heterocycles. The van der Waals surface area contributed by atoms with E-state index in [0.717, 1.165) is 22.2 Å². The van der Waals surface area contributed by atoms with Gasteiger partial charge in [-0.2, -0.15) is 0 Å². The fourth-order valence-corrected chi connectivity index (χ4v) is 4.69. The third kappa shape index (κ3) is 6.35. The number of aromatic nitrogens is 3. The zero-order chi connectivity index (χ0) is 30.9. The van der Waals surface area contributed by atoms with Crippen LogP contribution in [0.15, 0.2) is 84.0 Å². The van der Waals surface area contributed by atoms with Gasteiger partial charge < -0.3 is 25.1 Å². The van der Waals surface area contributed by atoms with Crippen LogP contribution < -0.4 is 5.32 Å². The second kappa shape index (κ2) is 11.2. The lowest BCUT2D eigenvalue weighted by Crippen LogP contribution is -2.36. The van der Waals surface area contributed by atoms with Crippen molar-refractivity contribution in [3.8, 4) is 5.88 Å². The van der Waals surface area contributed by atoms with Crippen LogP contribution >= 0.6 is 0 Å². The fourth-order valence-electron chi connectivity index (χ4n) is 4.69. The first-order chi connectivity index (χ1) is 20.3. The number of H-pyrrole nitrogens is 2. The average molecular weight is 578 g/mol. The van der Waals surface area contributed by atoms with Gasteiger partial charge in [0.1, 0.15) is 5.60 Å². The Bertz CT molecular complexity index is 1820. The molecule has 0 aliphatic carbocycles. The minimum Gasteiger partial charge on any atom is -0.494 e. The molecule has 0 bridgehead atoms. The molecule has 1 amide bonds. The summed E-state index contributed by atoms with van der Waals surface area (Å²) in [5.74, 6) is -0.509. The summed E-state index contributed by atoms with van der Waals surface area (Å²) < 4.78 is 5.64. The Morgan fingerprint density at radius 2 is 1.63 bits per heavy atom. The molecule has 0 fully saturated rings. The highest BCUT2D eigenvalue weighted by molar-refractivity contribution is 6.22. The number of nitrogens with zero attached hydrogens (tertiary/aromatic N) is 2. The summed E-state index contributed by atoms with van der Waals surface area (Å²) in [7, 11) is 0. The van der Waals surface area contributed by atoms with E-state index in [2.05, 4.69) is 20.3 Å². The van der Waals surface area contributed by atoms with E-state index in [9.17, 15) is 14.7 Å². The van der Waals surface area contributed by atoms with Gasteiger partial charge in [-0.15, -0.1) is 0 Å². The van der Waals surface area contributed by atoms with E-state index in [4.69, 9.17) is 9.73 Å². The van der Waals surface area contributed by atoms with Crippen molar-refractivity contribution in [2.45, 2.75) is 52.6 Å². The molecule has 0 unspecified atom stereocenters. The van der Waals surface area contributed by atoms with Gasteiger partial charge in [-0.3, -0.25) is 9.59 Å². The van der Waals surface area contributed by atoms with Gasteiger partial charge in [-0.1, -0.05) is 42.5 Å². The molecule has 0 spiro atoms. The molecule has 9 heteroatoms. The van der Waals surface area contributed by atoms with Crippen molar-refractivity contribution in [2.24, 2.45) is 4.99 Å². The lowest BCUT2D eigenvalue weighted by Gasteiger charge is -2.28.